The highest BCUT2D eigenvalue weighted by atomic mass is 16.5. The number of carbonyl (C=O) groups excluding carboxylic acids is 1. The van der Waals surface area contributed by atoms with Crippen LogP contribution in [0, 0.1) is 11.8 Å². The van der Waals surface area contributed by atoms with Gasteiger partial charge in [-0.1, -0.05) is 39.5 Å². The average molecular weight is 255 g/mol. The van der Waals surface area contributed by atoms with Gasteiger partial charge in [-0.3, -0.25) is 4.79 Å². The molecule has 2 N–H and O–H groups in total. The van der Waals surface area contributed by atoms with Crippen molar-refractivity contribution in [2.45, 2.75) is 71.3 Å². The van der Waals surface area contributed by atoms with E-state index in [1.807, 2.05) is 0 Å². The monoisotopic (exact) mass is 255 g/mol. The van der Waals surface area contributed by atoms with E-state index in [4.69, 9.17) is 10.5 Å². The van der Waals surface area contributed by atoms with Gasteiger partial charge in [0.15, 0.2) is 0 Å². The van der Waals surface area contributed by atoms with Crippen molar-refractivity contribution in [1.29, 1.82) is 0 Å². The Kier molecular flexibility index (Phi) is 7.33. The van der Waals surface area contributed by atoms with Crippen LogP contribution in [0.5, 0.6) is 0 Å². The first-order valence-corrected chi connectivity index (χ1v) is 7.59. The van der Waals surface area contributed by atoms with Gasteiger partial charge in [0, 0.05) is 6.04 Å². The lowest BCUT2D eigenvalue weighted by Gasteiger charge is -2.25. The van der Waals surface area contributed by atoms with Gasteiger partial charge in [0.25, 0.3) is 0 Å². The molecule has 0 radical (unpaired) electrons. The third-order valence-corrected chi connectivity index (χ3v) is 4.05. The summed E-state index contributed by atoms with van der Waals surface area (Å²) < 4.78 is 5.49. The smallest absolute Gasteiger partial charge is 0.308 e. The van der Waals surface area contributed by atoms with Crippen LogP contribution in [-0.2, 0) is 9.53 Å². The van der Waals surface area contributed by atoms with E-state index in [0.29, 0.717) is 12.5 Å². The Hall–Kier alpha value is -0.570. The van der Waals surface area contributed by atoms with E-state index in [2.05, 4.69) is 13.8 Å². The summed E-state index contributed by atoms with van der Waals surface area (Å²) in [7, 11) is 0. The minimum absolute atomic E-state index is 0.0138. The van der Waals surface area contributed by atoms with Crippen LogP contribution in [0.2, 0.25) is 0 Å². The predicted octanol–water partition coefficient (Wildman–Crippen LogP) is 3.26. The molecule has 1 fully saturated rings. The quantitative estimate of drug-likeness (QED) is 0.710. The van der Waals surface area contributed by atoms with Crippen molar-refractivity contribution >= 4 is 5.97 Å². The van der Waals surface area contributed by atoms with Crippen molar-refractivity contribution in [3.05, 3.63) is 0 Å². The van der Waals surface area contributed by atoms with E-state index in [-0.39, 0.29) is 17.9 Å². The molecule has 3 heteroatoms. The first kappa shape index (κ1) is 15.5. The Labute approximate surface area is 111 Å². The average Bonchev–Trinajstić information content (AvgIpc) is 2.38. The highest BCUT2D eigenvalue weighted by molar-refractivity contribution is 5.72. The number of hydrogen-bond donors (Lipinski definition) is 1. The van der Waals surface area contributed by atoms with Crippen molar-refractivity contribution in [2.24, 2.45) is 17.6 Å². The van der Waals surface area contributed by atoms with Crippen molar-refractivity contribution in [1.82, 2.24) is 0 Å². The molecule has 3 atom stereocenters. The number of unbranched alkanes of at least 4 members (excludes halogenated alkanes) is 1. The number of nitrogens with two attached hydrogens (primary N) is 1. The van der Waals surface area contributed by atoms with Crippen LogP contribution in [-0.4, -0.2) is 18.6 Å². The Morgan fingerprint density at radius 1 is 1.39 bits per heavy atom. The van der Waals surface area contributed by atoms with Gasteiger partial charge < -0.3 is 10.5 Å². The fraction of sp³-hybridized carbons (Fsp3) is 0.933. The zero-order valence-corrected chi connectivity index (χ0v) is 12.0. The summed E-state index contributed by atoms with van der Waals surface area (Å²) in [6, 6.07) is 0.193. The lowest BCUT2D eigenvalue weighted by Crippen LogP contribution is -2.33. The van der Waals surface area contributed by atoms with Crippen LogP contribution in [0.4, 0.5) is 0 Å². The molecule has 0 bridgehead atoms. The second kappa shape index (κ2) is 8.52. The number of ether oxygens (including phenoxy) is 1. The van der Waals surface area contributed by atoms with Crippen molar-refractivity contribution in [3.63, 3.8) is 0 Å². The van der Waals surface area contributed by atoms with Gasteiger partial charge in [-0.05, 0) is 31.6 Å². The molecule has 0 saturated heterocycles. The first-order valence-electron chi connectivity index (χ1n) is 7.59. The Bertz CT molecular complexity index is 243. The topological polar surface area (TPSA) is 52.3 Å². The van der Waals surface area contributed by atoms with Gasteiger partial charge in [0.05, 0.1) is 12.5 Å². The molecular weight excluding hydrogens is 226 g/mol. The molecule has 0 aromatic rings. The van der Waals surface area contributed by atoms with Gasteiger partial charge in [-0.2, -0.15) is 0 Å². The molecule has 0 aliphatic heterocycles. The maximum absolute atomic E-state index is 12.0. The van der Waals surface area contributed by atoms with E-state index >= 15 is 0 Å². The highest BCUT2D eigenvalue weighted by Crippen LogP contribution is 2.24. The molecule has 0 aromatic heterocycles. The van der Waals surface area contributed by atoms with Gasteiger partial charge >= 0.3 is 5.97 Å². The molecule has 18 heavy (non-hydrogen) atoms. The molecule has 1 aliphatic carbocycles. The fourth-order valence-corrected chi connectivity index (χ4v) is 2.66. The summed E-state index contributed by atoms with van der Waals surface area (Å²) in [5.74, 6) is 0.573. The van der Waals surface area contributed by atoms with Crippen molar-refractivity contribution < 1.29 is 9.53 Å². The second-order valence-electron chi connectivity index (χ2n) is 5.67. The summed E-state index contributed by atoms with van der Waals surface area (Å²) in [6.07, 6.45) is 8.59. The number of rotatable bonds is 7. The van der Waals surface area contributed by atoms with Crippen LogP contribution < -0.4 is 5.73 Å². The molecular formula is C15H29NO2. The molecule has 3 nitrogen and oxygen atoms in total. The lowest BCUT2D eigenvalue weighted by molar-refractivity contribution is -0.151. The molecule has 0 heterocycles. The highest BCUT2D eigenvalue weighted by Gasteiger charge is 2.26. The predicted molar refractivity (Wildman–Crippen MR) is 74.2 cm³/mol. The fourth-order valence-electron chi connectivity index (χ4n) is 2.66. The number of carbonyl (C=O) groups is 1. The van der Waals surface area contributed by atoms with E-state index in [1.54, 1.807) is 0 Å². The molecule has 106 valence electrons. The maximum Gasteiger partial charge on any atom is 0.308 e. The lowest BCUT2D eigenvalue weighted by atomic mass is 9.86. The summed E-state index contributed by atoms with van der Waals surface area (Å²) in [5, 5.41) is 0. The molecule has 1 aliphatic rings. The minimum atomic E-state index is -0.0138. The van der Waals surface area contributed by atoms with E-state index < -0.39 is 0 Å². The normalized spacial score (nSPS) is 25.7. The standard InChI is InChI=1S/C15H29NO2/c1-3-5-7-12(4-2)11-18-15(17)13-8-6-9-14(16)10-13/h12-14H,3-11,16H2,1-2H3. The van der Waals surface area contributed by atoms with Crippen molar-refractivity contribution in [3.8, 4) is 0 Å². The van der Waals surface area contributed by atoms with Gasteiger partial charge in [-0.25, -0.2) is 0 Å². The summed E-state index contributed by atoms with van der Waals surface area (Å²) in [6.45, 7) is 4.97. The van der Waals surface area contributed by atoms with E-state index in [9.17, 15) is 4.79 Å². The second-order valence-corrected chi connectivity index (χ2v) is 5.67. The van der Waals surface area contributed by atoms with E-state index in [0.717, 1.165) is 32.1 Å². The van der Waals surface area contributed by atoms with Gasteiger partial charge in [0.1, 0.15) is 0 Å². The van der Waals surface area contributed by atoms with Gasteiger partial charge in [-0.15, -0.1) is 0 Å². The summed E-state index contributed by atoms with van der Waals surface area (Å²) >= 11 is 0. The Balaban J connectivity index is 2.26. The molecule has 1 rings (SSSR count). The van der Waals surface area contributed by atoms with Crippen molar-refractivity contribution in [2.75, 3.05) is 6.61 Å². The van der Waals surface area contributed by atoms with Crippen LogP contribution >= 0.6 is 0 Å². The Morgan fingerprint density at radius 2 is 2.17 bits per heavy atom. The zero-order valence-electron chi connectivity index (χ0n) is 12.0. The molecule has 0 amide bonds. The third kappa shape index (κ3) is 5.38. The zero-order chi connectivity index (χ0) is 13.4. The van der Waals surface area contributed by atoms with Gasteiger partial charge in [0.2, 0.25) is 0 Å². The number of hydrogen-bond acceptors (Lipinski definition) is 3. The van der Waals surface area contributed by atoms with E-state index in [1.165, 1.54) is 19.3 Å². The molecule has 0 spiro atoms. The largest absolute Gasteiger partial charge is 0.465 e. The maximum atomic E-state index is 12.0. The minimum Gasteiger partial charge on any atom is -0.465 e. The molecule has 3 unspecified atom stereocenters. The molecule has 1 saturated carbocycles. The SMILES string of the molecule is CCCCC(CC)COC(=O)C1CCCC(N)C1. The van der Waals surface area contributed by atoms with Crippen LogP contribution in [0.1, 0.15) is 65.2 Å². The summed E-state index contributed by atoms with van der Waals surface area (Å²) in [5.41, 5.74) is 5.90. The first-order chi connectivity index (χ1) is 8.67. The van der Waals surface area contributed by atoms with Crippen LogP contribution in [0.3, 0.4) is 0 Å². The number of esters is 1. The summed E-state index contributed by atoms with van der Waals surface area (Å²) in [4.78, 5) is 12.0. The van der Waals surface area contributed by atoms with Crippen LogP contribution in [0.25, 0.3) is 0 Å². The third-order valence-electron chi connectivity index (χ3n) is 4.05. The molecule has 0 aromatic carbocycles. The Morgan fingerprint density at radius 3 is 2.78 bits per heavy atom. The van der Waals surface area contributed by atoms with Crippen LogP contribution in [0.15, 0.2) is 0 Å².